The lowest BCUT2D eigenvalue weighted by Crippen LogP contribution is -2.39. The van der Waals surface area contributed by atoms with Gasteiger partial charge in [-0.3, -0.25) is 4.79 Å². The van der Waals surface area contributed by atoms with Crippen LogP contribution in [0.1, 0.15) is 11.4 Å². The average Bonchev–Trinajstić information content (AvgIpc) is 3.06. The van der Waals surface area contributed by atoms with Gasteiger partial charge in [0.2, 0.25) is 6.10 Å². The molecule has 3 aromatic rings. The Hall–Kier alpha value is -3.81. The number of esters is 1. The number of anilines is 1. The Morgan fingerprint density at radius 3 is 2.57 bits per heavy atom. The molecule has 8 heteroatoms. The van der Waals surface area contributed by atoms with Crippen molar-refractivity contribution in [2.24, 2.45) is 0 Å². The molecule has 8 nitrogen and oxygen atoms in total. The molecule has 0 saturated carbocycles. The molecule has 0 radical (unpaired) electrons. The van der Waals surface area contributed by atoms with Crippen molar-refractivity contribution in [3.05, 3.63) is 66.0 Å². The van der Waals surface area contributed by atoms with Crippen LogP contribution in [-0.4, -0.2) is 41.0 Å². The van der Waals surface area contributed by atoms with Crippen LogP contribution >= 0.6 is 0 Å². The molecule has 0 spiro atoms. The van der Waals surface area contributed by atoms with Gasteiger partial charge in [-0.05, 0) is 38.1 Å². The number of nitrogens with one attached hydrogen (secondary N) is 1. The summed E-state index contributed by atoms with van der Waals surface area (Å²) < 4.78 is 18.0. The third-order valence-corrected chi connectivity index (χ3v) is 4.67. The zero-order valence-electron chi connectivity index (χ0n) is 16.6. The van der Waals surface area contributed by atoms with Crippen LogP contribution < -0.4 is 14.8 Å². The molecule has 154 valence electrons. The summed E-state index contributed by atoms with van der Waals surface area (Å²) in [5.41, 5.74) is 2.92. The fourth-order valence-electron chi connectivity index (χ4n) is 3.18. The van der Waals surface area contributed by atoms with Gasteiger partial charge >= 0.3 is 5.97 Å². The largest absolute Gasteiger partial charge is 0.485 e. The van der Waals surface area contributed by atoms with E-state index in [-0.39, 0.29) is 6.61 Å². The number of amides is 1. The van der Waals surface area contributed by atoms with Crippen molar-refractivity contribution in [3.63, 3.8) is 0 Å². The van der Waals surface area contributed by atoms with Crippen molar-refractivity contribution < 1.29 is 23.8 Å². The van der Waals surface area contributed by atoms with Gasteiger partial charge in [-0.25, -0.2) is 9.48 Å². The van der Waals surface area contributed by atoms with Gasteiger partial charge in [0, 0.05) is 0 Å². The maximum atomic E-state index is 12.4. The van der Waals surface area contributed by atoms with Gasteiger partial charge < -0.3 is 19.5 Å². The van der Waals surface area contributed by atoms with Crippen LogP contribution in [0.15, 0.2) is 54.6 Å². The van der Waals surface area contributed by atoms with Gasteiger partial charge in [0.05, 0.1) is 22.8 Å². The highest BCUT2D eigenvalue weighted by Crippen LogP contribution is 2.31. The first kappa shape index (κ1) is 19.5. The molecule has 0 aliphatic carbocycles. The summed E-state index contributed by atoms with van der Waals surface area (Å²) in [5, 5.41) is 7.25. The number of para-hydroxylation sites is 3. The van der Waals surface area contributed by atoms with E-state index in [4.69, 9.17) is 14.2 Å². The molecule has 1 N–H and O–H groups in total. The average molecular weight is 407 g/mol. The molecule has 2 aromatic carbocycles. The molecule has 1 aromatic heterocycles. The minimum Gasteiger partial charge on any atom is -0.485 e. The maximum absolute atomic E-state index is 12.4. The molecule has 0 fully saturated rings. The Kier molecular flexibility index (Phi) is 5.38. The SMILES string of the molecule is Cc1nn(-c2ccccc2)c(C)c1NC(=O)COC(=O)[C@H]1COc2ccccc2O1. The molecule has 0 unspecified atom stereocenters. The number of hydrogen-bond acceptors (Lipinski definition) is 6. The standard InChI is InChI=1S/C22H21N3O5/c1-14-21(15(2)25(24-14)16-8-4-3-5-9-16)23-20(26)13-29-22(27)19-12-28-17-10-6-7-11-18(17)30-19/h3-11,19H,12-13H2,1-2H3,(H,23,26)/t19-/m1/s1. The molecule has 0 saturated heterocycles. The monoisotopic (exact) mass is 407 g/mol. The predicted octanol–water partition coefficient (Wildman–Crippen LogP) is 2.81. The first-order valence-corrected chi connectivity index (χ1v) is 9.49. The van der Waals surface area contributed by atoms with Gasteiger partial charge in [-0.1, -0.05) is 30.3 Å². The number of aryl methyl sites for hydroxylation is 1. The lowest BCUT2D eigenvalue weighted by Gasteiger charge is -2.24. The Balaban J connectivity index is 1.36. The number of ether oxygens (including phenoxy) is 3. The number of carbonyl (C=O) groups excluding carboxylic acids is 2. The van der Waals surface area contributed by atoms with Crippen LogP contribution in [-0.2, 0) is 14.3 Å². The minimum absolute atomic E-state index is 0.0273. The van der Waals surface area contributed by atoms with E-state index in [2.05, 4.69) is 10.4 Å². The Bertz CT molecular complexity index is 1080. The van der Waals surface area contributed by atoms with Crippen molar-refractivity contribution in [3.8, 4) is 17.2 Å². The van der Waals surface area contributed by atoms with Crippen LogP contribution in [0.4, 0.5) is 5.69 Å². The third kappa shape index (κ3) is 3.98. The Morgan fingerprint density at radius 2 is 1.80 bits per heavy atom. The minimum atomic E-state index is -0.919. The second kappa shape index (κ2) is 8.28. The number of carbonyl (C=O) groups is 2. The van der Waals surface area contributed by atoms with E-state index in [1.807, 2.05) is 43.3 Å². The molecule has 1 amide bonds. The molecule has 0 bridgehead atoms. The second-order valence-corrected chi connectivity index (χ2v) is 6.81. The molecule has 2 heterocycles. The topological polar surface area (TPSA) is 91.7 Å². The number of rotatable bonds is 5. The van der Waals surface area contributed by atoms with Crippen LogP contribution in [0, 0.1) is 13.8 Å². The van der Waals surface area contributed by atoms with Crippen LogP contribution in [0.3, 0.4) is 0 Å². The Morgan fingerprint density at radius 1 is 1.10 bits per heavy atom. The molecule has 4 rings (SSSR count). The fourth-order valence-corrected chi connectivity index (χ4v) is 3.18. The lowest BCUT2D eigenvalue weighted by molar-refractivity contribution is -0.156. The molecule has 1 aliphatic rings. The third-order valence-electron chi connectivity index (χ3n) is 4.67. The highest BCUT2D eigenvalue weighted by molar-refractivity contribution is 5.94. The second-order valence-electron chi connectivity index (χ2n) is 6.81. The van der Waals surface area contributed by atoms with Crippen LogP contribution in [0.2, 0.25) is 0 Å². The van der Waals surface area contributed by atoms with Crippen LogP contribution in [0.5, 0.6) is 11.5 Å². The highest BCUT2D eigenvalue weighted by Gasteiger charge is 2.29. The maximum Gasteiger partial charge on any atom is 0.351 e. The van der Waals surface area contributed by atoms with E-state index in [1.54, 1.807) is 29.8 Å². The number of fused-ring (bicyclic) bond motifs is 1. The van der Waals surface area contributed by atoms with Crippen molar-refractivity contribution in [1.29, 1.82) is 0 Å². The summed E-state index contributed by atoms with van der Waals surface area (Å²) in [6.45, 7) is 3.26. The van der Waals surface area contributed by atoms with Gasteiger partial charge in [0.25, 0.3) is 5.91 Å². The molecular weight excluding hydrogens is 386 g/mol. The van der Waals surface area contributed by atoms with Gasteiger partial charge in [0.1, 0.15) is 6.61 Å². The highest BCUT2D eigenvalue weighted by atomic mass is 16.6. The van der Waals surface area contributed by atoms with E-state index in [9.17, 15) is 9.59 Å². The molecule has 30 heavy (non-hydrogen) atoms. The van der Waals surface area contributed by atoms with E-state index >= 15 is 0 Å². The van der Waals surface area contributed by atoms with Crippen LogP contribution in [0.25, 0.3) is 5.69 Å². The Labute approximate surface area is 173 Å². The fraction of sp³-hybridized carbons (Fsp3) is 0.227. The summed E-state index contributed by atoms with van der Waals surface area (Å²) >= 11 is 0. The summed E-state index contributed by atoms with van der Waals surface area (Å²) in [4.78, 5) is 24.6. The van der Waals surface area contributed by atoms with Gasteiger partial charge in [-0.2, -0.15) is 5.10 Å². The summed E-state index contributed by atoms with van der Waals surface area (Å²) in [5.74, 6) is -0.0808. The zero-order chi connectivity index (χ0) is 21.1. The van der Waals surface area contributed by atoms with Crippen molar-refractivity contribution in [1.82, 2.24) is 9.78 Å². The van der Waals surface area contributed by atoms with E-state index in [1.165, 1.54) is 0 Å². The van der Waals surface area contributed by atoms with E-state index in [0.717, 1.165) is 11.4 Å². The molecule has 1 aliphatic heterocycles. The first-order valence-electron chi connectivity index (χ1n) is 9.49. The van der Waals surface area contributed by atoms with E-state index in [0.29, 0.717) is 22.9 Å². The summed E-state index contributed by atoms with van der Waals surface area (Å²) in [7, 11) is 0. The smallest absolute Gasteiger partial charge is 0.351 e. The number of hydrogen-bond donors (Lipinski definition) is 1. The number of benzene rings is 2. The normalized spacial score (nSPS) is 14.8. The van der Waals surface area contributed by atoms with Crippen molar-refractivity contribution in [2.45, 2.75) is 20.0 Å². The van der Waals surface area contributed by atoms with Crippen molar-refractivity contribution >= 4 is 17.6 Å². The summed E-state index contributed by atoms with van der Waals surface area (Å²) in [6, 6.07) is 16.7. The van der Waals surface area contributed by atoms with E-state index < -0.39 is 24.6 Å². The zero-order valence-corrected chi connectivity index (χ0v) is 16.6. The number of aromatic nitrogens is 2. The lowest BCUT2D eigenvalue weighted by atomic mass is 10.2. The quantitative estimate of drug-likeness (QED) is 0.654. The molecule has 1 atom stereocenters. The number of nitrogens with zero attached hydrogens (tertiary/aromatic N) is 2. The van der Waals surface area contributed by atoms with Crippen molar-refractivity contribution in [2.75, 3.05) is 18.5 Å². The summed E-state index contributed by atoms with van der Waals surface area (Å²) in [6.07, 6.45) is -0.919. The van der Waals surface area contributed by atoms with Gasteiger partial charge in [0.15, 0.2) is 18.1 Å². The predicted molar refractivity (Wildman–Crippen MR) is 109 cm³/mol. The first-order chi connectivity index (χ1) is 14.5. The van der Waals surface area contributed by atoms with Gasteiger partial charge in [-0.15, -0.1) is 0 Å². The molecular formula is C22H21N3O5.